The van der Waals surface area contributed by atoms with Crippen molar-refractivity contribution in [3.63, 3.8) is 0 Å². The molecule has 0 spiro atoms. The van der Waals surface area contributed by atoms with E-state index in [0.29, 0.717) is 6.61 Å². The van der Waals surface area contributed by atoms with E-state index in [4.69, 9.17) is 23.7 Å². The summed E-state index contributed by atoms with van der Waals surface area (Å²) in [5.74, 6) is -0.472. The summed E-state index contributed by atoms with van der Waals surface area (Å²) in [6, 6.07) is -0.0273. The number of carbonyl (C=O) groups is 3. The molecule has 9 nitrogen and oxygen atoms in total. The Morgan fingerprint density at radius 3 is 1.87 bits per heavy atom. The van der Waals surface area contributed by atoms with Gasteiger partial charge in [0, 0.05) is 24.8 Å². The molecule has 4 rings (SSSR count). The summed E-state index contributed by atoms with van der Waals surface area (Å²) in [6.07, 6.45) is 16.6. The van der Waals surface area contributed by atoms with Crippen LogP contribution < -0.4 is 0 Å². The molecule has 0 aromatic carbocycles. The lowest BCUT2D eigenvalue weighted by atomic mass is 9.87. The van der Waals surface area contributed by atoms with E-state index in [2.05, 4.69) is 6.58 Å². The van der Waals surface area contributed by atoms with Crippen molar-refractivity contribution in [1.82, 2.24) is 4.90 Å². The lowest BCUT2D eigenvalue weighted by Gasteiger charge is -2.34. The standard InChI is InChI=1S/C30H45NO8/c1-2-35-19-3-4-20-36-24-9-5-22(6-10-24)30(34)39-27-15-13-26(14-16-27)38-21-37-25-11-7-23(8-12-25)31-28(32)17-18-29(31)33/h2,17-18,22-27H,1,3-16,19-21H2. The van der Waals surface area contributed by atoms with Gasteiger partial charge in [-0.25, -0.2) is 0 Å². The number of unbranched alkanes of at least 4 members (excludes halogenated alkanes) is 1. The molecule has 1 heterocycles. The second kappa shape index (κ2) is 15.5. The van der Waals surface area contributed by atoms with Gasteiger partial charge in [0.1, 0.15) is 12.9 Å². The van der Waals surface area contributed by atoms with Crippen molar-refractivity contribution in [3.8, 4) is 0 Å². The molecular weight excluding hydrogens is 502 g/mol. The van der Waals surface area contributed by atoms with E-state index in [1.807, 2.05) is 0 Å². The highest BCUT2D eigenvalue weighted by atomic mass is 16.7. The van der Waals surface area contributed by atoms with Crippen molar-refractivity contribution in [1.29, 1.82) is 0 Å². The molecule has 3 fully saturated rings. The molecule has 39 heavy (non-hydrogen) atoms. The summed E-state index contributed by atoms with van der Waals surface area (Å²) < 4.78 is 28.9. The molecule has 3 aliphatic carbocycles. The zero-order chi connectivity index (χ0) is 27.5. The third-order valence-electron chi connectivity index (χ3n) is 8.50. The average Bonchev–Trinajstić information content (AvgIpc) is 3.29. The Labute approximate surface area is 232 Å². The van der Waals surface area contributed by atoms with Gasteiger partial charge in [-0.3, -0.25) is 19.3 Å². The normalized spacial score (nSPS) is 31.3. The van der Waals surface area contributed by atoms with Crippen LogP contribution in [0.1, 0.15) is 89.9 Å². The van der Waals surface area contributed by atoms with Crippen molar-refractivity contribution in [3.05, 3.63) is 25.0 Å². The summed E-state index contributed by atoms with van der Waals surface area (Å²) in [6.45, 7) is 5.20. The van der Waals surface area contributed by atoms with Crippen LogP contribution in [0, 0.1) is 5.92 Å². The van der Waals surface area contributed by atoms with Crippen LogP contribution >= 0.6 is 0 Å². The minimum Gasteiger partial charge on any atom is -0.502 e. The summed E-state index contributed by atoms with van der Waals surface area (Å²) in [7, 11) is 0. The molecule has 9 heteroatoms. The number of rotatable bonds is 14. The average molecular weight is 548 g/mol. The highest BCUT2D eigenvalue weighted by Crippen LogP contribution is 2.31. The zero-order valence-corrected chi connectivity index (χ0v) is 23.1. The Kier molecular flexibility index (Phi) is 11.8. The second-order valence-corrected chi connectivity index (χ2v) is 11.2. The first-order chi connectivity index (χ1) is 19.0. The van der Waals surface area contributed by atoms with Gasteiger partial charge in [-0.05, 0) is 89.9 Å². The molecule has 1 aliphatic heterocycles. The summed E-state index contributed by atoms with van der Waals surface area (Å²) in [5.41, 5.74) is 0. The predicted molar refractivity (Wildman–Crippen MR) is 143 cm³/mol. The first kappa shape index (κ1) is 29.7. The van der Waals surface area contributed by atoms with E-state index in [1.165, 1.54) is 23.3 Å². The molecule has 3 saturated carbocycles. The zero-order valence-electron chi connectivity index (χ0n) is 23.1. The van der Waals surface area contributed by atoms with Crippen LogP contribution in [0.2, 0.25) is 0 Å². The fraction of sp³-hybridized carbons (Fsp3) is 0.767. The van der Waals surface area contributed by atoms with Gasteiger partial charge in [-0.1, -0.05) is 6.58 Å². The molecule has 0 unspecified atom stereocenters. The first-order valence-electron chi connectivity index (χ1n) is 14.9. The van der Waals surface area contributed by atoms with Gasteiger partial charge in [0.25, 0.3) is 11.8 Å². The third kappa shape index (κ3) is 9.15. The second-order valence-electron chi connectivity index (χ2n) is 11.2. The number of carbonyl (C=O) groups excluding carboxylic acids is 3. The predicted octanol–water partition coefficient (Wildman–Crippen LogP) is 4.58. The third-order valence-corrected chi connectivity index (χ3v) is 8.50. The summed E-state index contributed by atoms with van der Waals surface area (Å²) in [5, 5.41) is 0. The largest absolute Gasteiger partial charge is 0.502 e. The van der Waals surface area contributed by atoms with Gasteiger partial charge in [-0.2, -0.15) is 0 Å². The fourth-order valence-electron chi connectivity index (χ4n) is 6.14. The molecule has 4 aliphatic rings. The monoisotopic (exact) mass is 547 g/mol. The number of amides is 2. The highest BCUT2D eigenvalue weighted by molar-refractivity contribution is 6.13. The Morgan fingerprint density at radius 1 is 0.744 bits per heavy atom. The Balaban J connectivity index is 1.02. The molecule has 0 saturated heterocycles. The maximum atomic E-state index is 12.7. The molecule has 218 valence electrons. The van der Waals surface area contributed by atoms with Gasteiger partial charge in [-0.15, -0.1) is 0 Å². The quantitative estimate of drug-likeness (QED) is 0.102. The molecule has 2 amide bonds. The number of hydrogen-bond acceptors (Lipinski definition) is 8. The number of nitrogens with zero attached hydrogens (tertiary/aromatic N) is 1. The Bertz CT molecular complexity index is 818. The minimum absolute atomic E-state index is 0.0127. The van der Waals surface area contributed by atoms with Gasteiger partial charge in [0.05, 0.1) is 37.1 Å². The van der Waals surface area contributed by atoms with Gasteiger partial charge < -0.3 is 23.7 Å². The summed E-state index contributed by atoms with van der Waals surface area (Å²) >= 11 is 0. The molecule has 0 aromatic rings. The van der Waals surface area contributed by atoms with Crippen LogP contribution in [0.3, 0.4) is 0 Å². The molecule has 0 bridgehead atoms. The van der Waals surface area contributed by atoms with Crippen molar-refractivity contribution < 1.29 is 38.1 Å². The number of imide groups is 1. The Morgan fingerprint density at radius 2 is 1.26 bits per heavy atom. The molecule has 0 radical (unpaired) electrons. The topological polar surface area (TPSA) is 101 Å². The Hall–Kier alpha value is -2.23. The molecular formula is C30H45NO8. The van der Waals surface area contributed by atoms with Crippen LogP contribution in [-0.2, 0) is 38.1 Å². The minimum atomic E-state index is -0.205. The lowest BCUT2D eigenvalue weighted by molar-refractivity contribution is -0.163. The van der Waals surface area contributed by atoms with Crippen LogP contribution in [0.4, 0.5) is 0 Å². The lowest BCUT2D eigenvalue weighted by Crippen LogP contribution is -2.43. The maximum absolute atomic E-state index is 12.7. The maximum Gasteiger partial charge on any atom is 0.309 e. The van der Waals surface area contributed by atoms with E-state index in [9.17, 15) is 14.4 Å². The fourth-order valence-corrected chi connectivity index (χ4v) is 6.14. The molecule has 0 aromatic heterocycles. The molecule has 0 atom stereocenters. The smallest absolute Gasteiger partial charge is 0.309 e. The van der Waals surface area contributed by atoms with Gasteiger partial charge >= 0.3 is 5.97 Å². The van der Waals surface area contributed by atoms with E-state index in [1.54, 1.807) is 0 Å². The van der Waals surface area contributed by atoms with Crippen LogP contribution in [0.15, 0.2) is 25.0 Å². The van der Waals surface area contributed by atoms with Crippen LogP contribution in [-0.4, -0.2) is 73.1 Å². The van der Waals surface area contributed by atoms with Crippen molar-refractivity contribution in [2.45, 2.75) is 120 Å². The van der Waals surface area contributed by atoms with E-state index < -0.39 is 0 Å². The van der Waals surface area contributed by atoms with Crippen molar-refractivity contribution in [2.75, 3.05) is 20.0 Å². The highest BCUT2D eigenvalue weighted by Gasteiger charge is 2.35. The summed E-state index contributed by atoms with van der Waals surface area (Å²) in [4.78, 5) is 37.9. The number of esters is 1. The molecule has 0 N–H and O–H groups in total. The number of hydrogen-bond donors (Lipinski definition) is 0. The van der Waals surface area contributed by atoms with Crippen molar-refractivity contribution >= 4 is 17.8 Å². The first-order valence-corrected chi connectivity index (χ1v) is 14.9. The van der Waals surface area contributed by atoms with Crippen LogP contribution in [0.25, 0.3) is 0 Å². The van der Waals surface area contributed by atoms with E-state index in [0.717, 1.165) is 96.5 Å². The van der Waals surface area contributed by atoms with E-state index >= 15 is 0 Å². The SMILES string of the molecule is C=COCCCCOC1CCC(C(=O)OC2CCC(OCOC3CCC(N4C(=O)C=CC4=O)CC3)CC2)CC1. The van der Waals surface area contributed by atoms with Gasteiger partial charge in [0.2, 0.25) is 0 Å². The van der Waals surface area contributed by atoms with Crippen molar-refractivity contribution in [2.24, 2.45) is 5.92 Å². The number of ether oxygens (including phenoxy) is 5. The van der Waals surface area contributed by atoms with E-state index in [-0.39, 0.29) is 61.0 Å². The van der Waals surface area contributed by atoms with Gasteiger partial charge in [0.15, 0.2) is 0 Å². The van der Waals surface area contributed by atoms with Crippen LogP contribution in [0.5, 0.6) is 0 Å².